The van der Waals surface area contributed by atoms with E-state index < -0.39 is 11.7 Å². The summed E-state index contributed by atoms with van der Waals surface area (Å²) in [6, 6.07) is 9.85. The largest absolute Gasteiger partial charge is 0.505 e. The average Bonchev–Trinajstić information content (AvgIpc) is 2.53. The number of hydrogen-bond acceptors (Lipinski definition) is 4. The molecule has 0 aliphatic rings. The van der Waals surface area contributed by atoms with Gasteiger partial charge in [0.25, 0.3) is 0 Å². The molecular formula is C19H27N2O3+. The van der Waals surface area contributed by atoms with Crippen molar-refractivity contribution in [3.8, 4) is 0 Å². The fourth-order valence-corrected chi connectivity index (χ4v) is 2.66. The number of benzene rings is 1. The van der Waals surface area contributed by atoms with E-state index in [0.29, 0.717) is 6.42 Å². The molecule has 5 nitrogen and oxygen atoms in total. The molecule has 1 rings (SSSR count). The molecule has 0 saturated heterocycles. The Balaban J connectivity index is 2.69. The van der Waals surface area contributed by atoms with E-state index in [-0.39, 0.29) is 30.1 Å². The summed E-state index contributed by atoms with van der Waals surface area (Å²) >= 11 is 0. The molecule has 1 N–H and O–H groups in total. The standard InChI is InChI=1S/C19H26N2O3/c1-13(2)18(14(3)4)24-19(23)17(21-20)16(22)12-8-11-15-9-6-5-7-10-15/h5-7,9-10,13-14,18H,8,11-12H2,1-4H3/p+1. The summed E-state index contributed by atoms with van der Waals surface area (Å²) in [5, 5.41) is 19.2. The summed E-state index contributed by atoms with van der Waals surface area (Å²) in [4.78, 5) is 15.1. The van der Waals surface area contributed by atoms with Gasteiger partial charge >= 0.3 is 11.7 Å². The average molecular weight is 331 g/mol. The minimum Gasteiger partial charge on any atom is -0.505 e. The highest BCUT2D eigenvalue weighted by Crippen LogP contribution is 2.20. The highest BCUT2D eigenvalue weighted by atomic mass is 16.5. The zero-order chi connectivity index (χ0) is 18.1. The molecule has 130 valence electrons. The Morgan fingerprint density at radius 3 is 2.25 bits per heavy atom. The van der Waals surface area contributed by atoms with E-state index in [9.17, 15) is 9.90 Å². The summed E-state index contributed by atoms with van der Waals surface area (Å²) in [6.45, 7) is 7.82. The van der Waals surface area contributed by atoms with Gasteiger partial charge in [0, 0.05) is 6.42 Å². The molecule has 0 aliphatic carbocycles. The molecule has 0 fully saturated rings. The van der Waals surface area contributed by atoms with Crippen molar-refractivity contribution in [3.63, 3.8) is 0 Å². The lowest BCUT2D eigenvalue weighted by molar-refractivity contribution is -0.149. The number of aryl methyl sites for hydroxylation is 1. The van der Waals surface area contributed by atoms with Crippen LogP contribution >= 0.6 is 0 Å². The first kappa shape index (κ1) is 19.7. The number of diazo groups is 1. The van der Waals surface area contributed by atoms with Gasteiger partial charge in [-0.15, -0.1) is 0 Å². The van der Waals surface area contributed by atoms with Gasteiger partial charge in [-0.2, -0.15) is 0 Å². The Hall–Kier alpha value is -2.35. The molecule has 0 radical (unpaired) electrons. The maximum Gasteiger partial charge on any atom is 0.505 e. The van der Waals surface area contributed by atoms with Crippen molar-refractivity contribution >= 4 is 5.97 Å². The zero-order valence-electron chi connectivity index (χ0n) is 14.9. The lowest BCUT2D eigenvalue weighted by Crippen LogP contribution is -2.29. The number of rotatable bonds is 8. The van der Waals surface area contributed by atoms with Crippen molar-refractivity contribution in [2.75, 3.05) is 0 Å². The van der Waals surface area contributed by atoms with Crippen molar-refractivity contribution < 1.29 is 14.6 Å². The summed E-state index contributed by atoms with van der Waals surface area (Å²) in [5.74, 6) is -0.768. The molecule has 0 unspecified atom stereocenters. The van der Waals surface area contributed by atoms with Crippen LogP contribution in [0.4, 0.5) is 0 Å². The minimum absolute atomic E-state index is 0.133. The SMILES string of the molecule is CC(C)C(OC(=O)/C([N+]#N)=C(\O)CCCc1ccccc1)C(C)C. The first-order valence-electron chi connectivity index (χ1n) is 8.39. The maximum atomic E-state index is 12.2. The molecule has 1 aromatic carbocycles. The van der Waals surface area contributed by atoms with Gasteiger partial charge in [-0.3, -0.25) is 0 Å². The van der Waals surface area contributed by atoms with Crippen molar-refractivity contribution in [2.24, 2.45) is 11.8 Å². The second kappa shape index (κ2) is 9.71. The first-order chi connectivity index (χ1) is 11.4. The minimum atomic E-state index is -0.790. The van der Waals surface area contributed by atoms with Gasteiger partial charge in [0.05, 0.1) is 0 Å². The maximum absolute atomic E-state index is 12.2. The topological polar surface area (TPSA) is 74.7 Å². The third kappa shape index (κ3) is 6.04. The van der Waals surface area contributed by atoms with Gasteiger partial charge in [-0.25, -0.2) is 4.79 Å². The Labute approximate surface area is 144 Å². The molecule has 0 spiro atoms. The number of carbonyl (C=O) groups is 1. The van der Waals surface area contributed by atoms with Crippen LogP contribution in [-0.4, -0.2) is 17.2 Å². The molecule has 0 heterocycles. The highest BCUT2D eigenvalue weighted by molar-refractivity contribution is 5.90. The van der Waals surface area contributed by atoms with Crippen molar-refractivity contribution in [1.29, 1.82) is 5.39 Å². The van der Waals surface area contributed by atoms with E-state index in [4.69, 9.17) is 10.1 Å². The lowest BCUT2D eigenvalue weighted by Gasteiger charge is -2.23. The van der Waals surface area contributed by atoms with E-state index in [2.05, 4.69) is 4.98 Å². The number of hydrogen-bond donors (Lipinski definition) is 1. The lowest BCUT2D eigenvalue weighted by atomic mass is 9.96. The normalized spacial score (nSPS) is 12.2. The summed E-state index contributed by atoms with van der Waals surface area (Å²) in [5.41, 5.74) is 0.740. The number of nitrogens with zero attached hydrogens (tertiary/aromatic N) is 2. The number of aliphatic hydroxyl groups excluding tert-OH is 1. The molecule has 0 atom stereocenters. The van der Waals surface area contributed by atoms with Crippen LogP contribution < -0.4 is 0 Å². The molecule has 0 aromatic heterocycles. The summed E-state index contributed by atoms with van der Waals surface area (Å²) in [6.07, 6.45) is 1.35. The summed E-state index contributed by atoms with van der Waals surface area (Å²) < 4.78 is 5.40. The Bertz CT molecular complexity index is 593. The molecule has 24 heavy (non-hydrogen) atoms. The van der Waals surface area contributed by atoms with E-state index in [1.807, 2.05) is 58.0 Å². The molecule has 0 bridgehead atoms. The van der Waals surface area contributed by atoms with Crippen molar-refractivity contribution in [3.05, 3.63) is 52.3 Å². The van der Waals surface area contributed by atoms with Crippen LogP contribution in [0, 0.1) is 17.2 Å². The van der Waals surface area contributed by atoms with Gasteiger partial charge in [0.1, 0.15) is 6.10 Å². The summed E-state index contributed by atoms with van der Waals surface area (Å²) in [7, 11) is 0. The van der Waals surface area contributed by atoms with E-state index >= 15 is 0 Å². The van der Waals surface area contributed by atoms with Gasteiger partial charge in [0.2, 0.25) is 5.39 Å². The number of carbonyl (C=O) groups excluding carboxylic acids is 1. The van der Waals surface area contributed by atoms with Gasteiger partial charge < -0.3 is 9.84 Å². The molecule has 1 aromatic rings. The Morgan fingerprint density at radius 2 is 1.75 bits per heavy atom. The molecule has 5 heteroatoms. The molecular weight excluding hydrogens is 304 g/mol. The fourth-order valence-electron chi connectivity index (χ4n) is 2.66. The monoisotopic (exact) mass is 331 g/mol. The quantitative estimate of drug-likeness (QED) is 0.319. The number of esters is 1. The Kier molecular flexibility index (Phi) is 7.97. The van der Waals surface area contributed by atoms with Gasteiger partial charge in [0.15, 0.2) is 10.7 Å². The van der Waals surface area contributed by atoms with E-state index in [0.717, 1.165) is 12.0 Å². The number of ether oxygens (including phenoxy) is 1. The van der Waals surface area contributed by atoms with Crippen LogP contribution in [0.2, 0.25) is 0 Å². The zero-order valence-corrected chi connectivity index (χ0v) is 14.9. The van der Waals surface area contributed by atoms with Gasteiger partial charge in [-0.1, -0.05) is 58.0 Å². The highest BCUT2D eigenvalue weighted by Gasteiger charge is 2.34. The molecule has 0 saturated carbocycles. The number of aliphatic hydroxyl groups is 1. The number of allylic oxidation sites excluding steroid dienone is 1. The predicted octanol–water partition coefficient (Wildman–Crippen LogP) is 4.86. The van der Waals surface area contributed by atoms with Crippen LogP contribution in [0.25, 0.3) is 4.98 Å². The second-order valence-electron chi connectivity index (χ2n) is 6.59. The first-order valence-corrected chi connectivity index (χ1v) is 8.39. The predicted molar refractivity (Wildman–Crippen MR) is 93.7 cm³/mol. The van der Waals surface area contributed by atoms with Crippen LogP contribution in [0.3, 0.4) is 0 Å². The van der Waals surface area contributed by atoms with Crippen LogP contribution in [0.1, 0.15) is 46.1 Å². The fraction of sp³-hybridized carbons (Fsp3) is 0.526. The molecule has 0 aliphatic heterocycles. The van der Waals surface area contributed by atoms with Crippen molar-refractivity contribution in [2.45, 2.75) is 53.1 Å². The third-order valence-corrected chi connectivity index (χ3v) is 3.85. The van der Waals surface area contributed by atoms with Crippen LogP contribution in [-0.2, 0) is 16.0 Å². The Morgan fingerprint density at radius 1 is 1.17 bits per heavy atom. The van der Waals surface area contributed by atoms with E-state index in [1.54, 1.807) is 0 Å². The van der Waals surface area contributed by atoms with E-state index in [1.165, 1.54) is 0 Å². The van der Waals surface area contributed by atoms with Gasteiger partial charge in [-0.05, 0) is 30.2 Å². The third-order valence-electron chi connectivity index (χ3n) is 3.85. The van der Waals surface area contributed by atoms with Crippen LogP contribution in [0.5, 0.6) is 0 Å². The van der Waals surface area contributed by atoms with Crippen LogP contribution in [0.15, 0.2) is 41.8 Å². The smallest absolute Gasteiger partial charge is 0.505 e. The molecule has 0 amide bonds. The van der Waals surface area contributed by atoms with Crippen molar-refractivity contribution in [1.82, 2.24) is 0 Å². The second-order valence-corrected chi connectivity index (χ2v) is 6.59.